The van der Waals surface area contributed by atoms with Crippen LogP contribution < -0.4 is 5.32 Å². The number of halogens is 5. The van der Waals surface area contributed by atoms with Crippen molar-refractivity contribution in [2.45, 2.75) is 12.2 Å². The monoisotopic (exact) mass is 328 g/mol. The SMILES string of the molecule is Oc1c([C@@H](N2CCNCC2)C(F)(F)F)ccc(Cl)c1Cl. The van der Waals surface area contributed by atoms with Gasteiger partial charge in [0.15, 0.2) is 0 Å². The molecule has 1 aromatic carbocycles. The number of piperazine rings is 1. The number of phenols is 1. The number of rotatable bonds is 2. The fourth-order valence-electron chi connectivity index (χ4n) is 2.30. The van der Waals surface area contributed by atoms with Gasteiger partial charge in [-0.2, -0.15) is 13.2 Å². The van der Waals surface area contributed by atoms with Gasteiger partial charge in [0.2, 0.25) is 0 Å². The first-order valence-electron chi connectivity index (χ1n) is 6.00. The predicted molar refractivity (Wildman–Crippen MR) is 71.4 cm³/mol. The van der Waals surface area contributed by atoms with E-state index in [0.717, 1.165) is 0 Å². The summed E-state index contributed by atoms with van der Waals surface area (Å²) in [4.78, 5) is 1.27. The lowest BCUT2D eigenvalue weighted by atomic mass is 10.0. The molecule has 1 aromatic rings. The molecule has 1 saturated heterocycles. The van der Waals surface area contributed by atoms with Crippen LogP contribution in [0.2, 0.25) is 10.0 Å². The third-order valence-corrected chi connectivity index (χ3v) is 4.02. The summed E-state index contributed by atoms with van der Waals surface area (Å²) in [5.74, 6) is -0.611. The second-order valence-corrected chi connectivity index (χ2v) is 5.31. The summed E-state index contributed by atoms with van der Waals surface area (Å²) in [5, 5.41) is 12.6. The molecule has 0 spiro atoms. The Morgan fingerprint density at radius 1 is 1.20 bits per heavy atom. The van der Waals surface area contributed by atoms with Crippen molar-refractivity contribution >= 4 is 23.2 Å². The van der Waals surface area contributed by atoms with Crippen molar-refractivity contribution in [2.75, 3.05) is 26.2 Å². The number of aromatic hydroxyl groups is 1. The van der Waals surface area contributed by atoms with Gasteiger partial charge in [0, 0.05) is 31.7 Å². The van der Waals surface area contributed by atoms with Crippen LogP contribution in [0.4, 0.5) is 13.2 Å². The molecular weight excluding hydrogens is 316 g/mol. The maximum atomic E-state index is 13.4. The Balaban J connectivity index is 2.44. The summed E-state index contributed by atoms with van der Waals surface area (Å²) in [6.45, 7) is 1.41. The van der Waals surface area contributed by atoms with Crippen molar-refractivity contribution < 1.29 is 18.3 Å². The molecule has 0 amide bonds. The lowest BCUT2D eigenvalue weighted by Gasteiger charge is -2.36. The Kier molecular flexibility index (Phi) is 4.69. The smallest absolute Gasteiger partial charge is 0.408 e. The number of hydrogen-bond donors (Lipinski definition) is 2. The summed E-state index contributed by atoms with van der Waals surface area (Å²) >= 11 is 11.4. The summed E-state index contributed by atoms with van der Waals surface area (Å²) in [6.07, 6.45) is -4.51. The summed E-state index contributed by atoms with van der Waals surface area (Å²) in [7, 11) is 0. The molecule has 1 aliphatic heterocycles. The topological polar surface area (TPSA) is 35.5 Å². The van der Waals surface area contributed by atoms with Gasteiger partial charge in [0.25, 0.3) is 0 Å². The van der Waals surface area contributed by atoms with Crippen molar-refractivity contribution in [1.82, 2.24) is 10.2 Å². The third kappa shape index (κ3) is 3.14. The van der Waals surface area contributed by atoms with E-state index < -0.39 is 18.0 Å². The van der Waals surface area contributed by atoms with Crippen molar-refractivity contribution in [1.29, 1.82) is 0 Å². The molecule has 0 radical (unpaired) electrons. The van der Waals surface area contributed by atoms with Crippen LogP contribution in [0.25, 0.3) is 0 Å². The molecule has 1 atom stereocenters. The molecule has 1 aliphatic rings. The largest absolute Gasteiger partial charge is 0.506 e. The number of nitrogens with zero attached hydrogens (tertiary/aromatic N) is 1. The Morgan fingerprint density at radius 2 is 1.80 bits per heavy atom. The van der Waals surface area contributed by atoms with Crippen LogP contribution in [0.1, 0.15) is 11.6 Å². The van der Waals surface area contributed by atoms with E-state index in [2.05, 4.69) is 5.32 Å². The van der Waals surface area contributed by atoms with Gasteiger partial charge in [0.1, 0.15) is 16.8 Å². The van der Waals surface area contributed by atoms with Gasteiger partial charge in [-0.1, -0.05) is 29.3 Å². The van der Waals surface area contributed by atoms with Crippen LogP contribution >= 0.6 is 23.2 Å². The van der Waals surface area contributed by atoms with E-state index >= 15 is 0 Å². The molecule has 0 bridgehead atoms. The minimum absolute atomic E-state index is 0.0224. The van der Waals surface area contributed by atoms with E-state index in [1.165, 1.54) is 17.0 Å². The molecule has 0 saturated carbocycles. The Bertz CT molecular complexity index is 490. The van der Waals surface area contributed by atoms with Crippen LogP contribution in [0, 0.1) is 0 Å². The summed E-state index contributed by atoms with van der Waals surface area (Å²) in [6, 6.07) is 0.545. The zero-order valence-corrected chi connectivity index (χ0v) is 11.9. The fourth-order valence-corrected chi connectivity index (χ4v) is 2.62. The van der Waals surface area contributed by atoms with Crippen LogP contribution in [0.5, 0.6) is 5.75 Å². The Labute approximate surface area is 124 Å². The molecule has 3 nitrogen and oxygen atoms in total. The normalized spacial score (nSPS) is 19.1. The highest BCUT2D eigenvalue weighted by molar-refractivity contribution is 6.43. The molecule has 20 heavy (non-hydrogen) atoms. The molecule has 2 rings (SSSR count). The quantitative estimate of drug-likeness (QED) is 0.875. The van der Waals surface area contributed by atoms with Crippen LogP contribution in [-0.4, -0.2) is 42.4 Å². The van der Waals surface area contributed by atoms with E-state index in [9.17, 15) is 18.3 Å². The number of phenolic OH excluding ortho intramolecular Hbond substituents is 1. The fraction of sp³-hybridized carbons (Fsp3) is 0.500. The maximum absolute atomic E-state index is 13.4. The molecular formula is C12H13Cl2F3N2O. The zero-order chi connectivity index (χ0) is 14.9. The highest BCUT2D eigenvalue weighted by atomic mass is 35.5. The van der Waals surface area contributed by atoms with Gasteiger partial charge in [-0.3, -0.25) is 4.90 Å². The highest BCUT2D eigenvalue weighted by Gasteiger charge is 2.46. The third-order valence-electron chi connectivity index (χ3n) is 3.22. The van der Waals surface area contributed by atoms with Gasteiger partial charge in [-0.05, 0) is 6.07 Å². The van der Waals surface area contributed by atoms with Crippen molar-refractivity contribution in [3.8, 4) is 5.75 Å². The molecule has 0 aromatic heterocycles. The lowest BCUT2D eigenvalue weighted by Crippen LogP contribution is -2.49. The van der Waals surface area contributed by atoms with Crippen molar-refractivity contribution in [3.05, 3.63) is 27.7 Å². The predicted octanol–water partition coefficient (Wildman–Crippen LogP) is 3.21. The standard InChI is InChI=1S/C12H13Cl2F3N2O/c13-8-2-1-7(10(20)9(8)14)11(12(15,16)17)19-5-3-18-4-6-19/h1-2,11,18,20H,3-6H2/t11-/m1/s1. The van der Waals surface area contributed by atoms with Gasteiger partial charge in [-0.15, -0.1) is 0 Å². The molecule has 0 unspecified atom stereocenters. The van der Waals surface area contributed by atoms with Crippen LogP contribution in [0.3, 0.4) is 0 Å². The molecule has 8 heteroatoms. The lowest BCUT2D eigenvalue weighted by molar-refractivity contribution is -0.188. The van der Waals surface area contributed by atoms with E-state index in [1.807, 2.05) is 0 Å². The Hall–Kier alpha value is -0.690. The highest BCUT2D eigenvalue weighted by Crippen LogP contribution is 2.45. The zero-order valence-electron chi connectivity index (χ0n) is 10.3. The molecule has 112 valence electrons. The number of hydrogen-bond acceptors (Lipinski definition) is 3. The molecule has 1 heterocycles. The maximum Gasteiger partial charge on any atom is 0.408 e. The van der Waals surface area contributed by atoms with Crippen LogP contribution in [-0.2, 0) is 0 Å². The van der Waals surface area contributed by atoms with Gasteiger partial charge >= 0.3 is 6.18 Å². The Morgan fingerprint density at radius 3 is 2.35 bits per heavy atom. The van der Waals surface area contributed by atoms with E-state index in [-0.39, 0.29) is 28.7 Å². The number of alkyl halides is 3. The minimum atomic E-state index is -4.51. The van der Waals surface area contributed by atoms with Gasteiger partial charge in [-0.25, -0.2) is 0 Å². The molecule has 0 aliphatic carbocycles. The van der Waals surface area contributed by atoms with Gasteiger partial charge < -0.3 is 10.4 Å². The second kappa shape index (κ2) is 5.97. The summed E-state index contributed by atoms with van der Waals surface area (Å²) < 4.78 is 40.1. The molecule has 2 N–H and O–H groups in total. The van der Waals surface area contributed by atoms with E-state index in [1.54, 1.807) is 0 Å². The average Bonchev–Trinajstić information content (AvgIpc) is 2.39. The summed E-state index contributed by atoms with van der Waals surface area (Å²) in [5.41, 5.74) is -0.270. The van der Waals surface area contributed by atoms with Crippen LogP contribution in [0.15, 0.2) is 12.1 Å². The van der Waals surface area contributed by atoms with Crippen molar-refractivity contribution in [2.24, 2.45) is 0 Å². The van der Waals surface area contributed by atoms with Gasteiger partial charge in [0.05, 0.1) is 5.02 Å². The number of benzene rings is 1. The minimum Gasteiger partial charge on any atom is -0.506 e. The second-order valence-electron chi connectivity index (χ2n) is 4.53. The average molecular weight is 329 g/mol. The van der Waals surface area contributed by atoms with E-state index in [0.29, 0.717) is 13.1 Å². The first-order chi connectivity index (χ1) is 9.32. The first-order valence-corrected chi connectivity index (χ1v) is 6.76. The van der Waals surface area contributed by atoms with Crippen molar-refractivity contribution in [3.63, 3.8) is 0 Å². The van der Waals surface area contributed by atoms with E-state index in [4.69, 9.17) is 23.2 Å². The first kappa shape index (κ1) is 15.7. The molecule has 1 fully saturated rings. The number of nitrogens with one attached hydrogen (secondary N) is 1.